The topological polar surface area (TPSA) is 70.8 Å². The van der Waals surface area contributed by atoms with Crippen LogP contribution in [0.4, 0.5) is 0 Å². The van der Waals surface area contributed by atoms with Gasteiger partial charge in [-0.1, -0.05) is 6.92 Å². The predicted molar refractivity (Wildman–Crippen MR) is 68.6 cm³/mol. The molecule has 104 valence electrons. The lowest BCUT2D eigenvalue weighted by molar-refractivity contribution is -0.156. The number of amides is 1. The fraction of sp³-hybridized carbons (Fsp3) is 0.571. The molecule has 19 heavy (non-hydrogen) atoms. The zero-order valence-corrected chi connectivity index (χ0v) is 11.1. The monoisotopic (exact) mass is 265 g/mol. The van der Waals surface area contributed by atoms with Crippen molar-refractivity contribution in [3.05, 3.63) is 24.2 Å². The van der Waals surface area contributed by atoms with Crippen molar-refractivity contribution in [1.29, 1.82) is 0 Å². The zero-order valence-electron chi connectivity index (χ0n) is 11.1. The Morgan fingerprint density at radius 3 is 2.89 bits per heavy atom. The first-order valence-corrected chi connectivity index (χ1v) is 6.66. The molecule has 0 saturated carbocycles. The fourth-order valence-electron chi connectivity index (χ4n) is 2.80. The number of likely N-dealkylation sites (tertiary alicyclic amines) is 1. The van der Waals surface area contributed by atoms with Gasteiger partial charge in [-0.3, -0.25) is 4.79 Å². The Morgan fingerprint density at radius 1 is 1.53 bits per heavy atom. The molecule has 1 atom stereocenters. The highest BCUT2D eigenvalue weighted by Crippen LogP contribution is 2.33. The van der Waals surface area contributed by atoms with E-state index in [2.05, 4.69) is 0 Å². The van der Waals surface area contributed by atoms with E-state index >= 15 is 0 Å². The zero-order chi connectivity index (χ0) is 13.9. The number of nitrogens with zero attached hydrogens (tertiary/aromatic N) is 1. The summed E-state index contributed by atoms with van der Waals surface area (Å²) in [6.07, 6.45) is 4.14. The maximum Gasteiger partial charge on any atom is 0.329 e. The molecule has 1 aromatic heterocycles. The maximum absolute atomic E-state index is 12.2. The Kier molecular flexibility index (Phi) is 3.93. The number of carbonyl (C=O) groups is 2. The van der Waals surface area contributed by atoms with Crippen molar-refractivity contribution in [3.63, 3.8) is 0 Å². The maximum atomic E-state index is 12.2. The number of carboxylic acid groups (broad SMARTS) is 1. The molecule has 1 amide bonds. The average Bonchev–Trinajstić information content (AvgIpc) is 3.05. The Labute approximate surface area is 112 Å². The quantitative estimate of drug-likeness (QED) is 0.884. The Morgan fingerprint density at radius 2 is 2.32 bits per heavy atom. The molecule has 2 rings (SSSR count). The number of carbonyl (C=O) groups excluding carboxylic acids is 1. The van der Waals surface area contributed by atoms with Crippen LogP contribution in [0.3, 0.4) is 0 Å². The van der Waals surface area contributed by atoms with E-state index in [4.69, 9.17) is 4.42 Å². The highest BCUT2D eigenvalue weighted by atomic mass is 16.4. The largest absolute Gasteiger partial charge is 0.479 e. The van der Waals surface area contributed by atoms with Gasteiger partial charge >= 0.3 is 5.97 Å². The van der Waals surface area contributed by atoms with Crippen molar-refractivity contribution in [2.45, 2.75) is 44.6 Å². The van der Waals surface area contributed by atoms with Crippen LogP contribution in [0.15, 0.2) is 22.8 Å². The molecule has 5 heteroatoms. The van der Waals surface area contributed by atoms with Crippen LogP contribution in [0, 0.1) is 0 Å². The van der Waals surface area contributed by atoms with Crippen molar-refractivity contribution < 1.29 is 19.1 Å². The van der Waals surface area contributed by atoms with Gasteiger partial charge in [0.25, 0.3) is 0 Å². The van der Waals surface area contributed by atoms with Gasteiger partial charge in [0.2, 0.25) is 5.91 Å². The van der Waals surface area contributed by atoms with Crippen LogP contribution < -0.4 is 0 Å². The first-order valence-electron chi connectivity index (χ1n) is 6.66. The smallest absolute Gasteiger partial charge is 0.329 e. The minimum atomic E-state index is -1.000. The van der Waals surface area contributed by atoms with Gasteiger partial charge in [-0.05, 0) is 31.4 Å². The van der Waals surface area contributed by atoms with Gasteiger partial charge in [0.1, 0.15) is 11.3 Å². The number of aliphatic carboxylic acids is 1. The van der Waals surface area contributed by atoms with Gasteiger partial charge in [-0.15, -0.1) is 0 Å². The number of rotatable bonds is 5. The molecule has 2 heterocycles. The van der Waals surface area contributed by atoms with Crippen LogP contribution in [-0.2, 0) is 16.0 Å². The van der Waals surface area contributed by atoms with Crippen molar-refractivity contribution in [3.8, 4) is 0 Å². The predicted octanol–water partition coefficient (Wildman–Crippen LogP) is 2.07. The van der Waals surface area contributed by atoms with Gasteiger partial charge in [-0.25, -0.2) is 4.79 Å². The average molecular weight is 265 g/mol. The van der Waals surface area contributed by atoms with Crippen LogP contribution in [0.1, 0.15) is 38.4 Å². The molecule has 0 aromatic carbocycles. The summed E-state index contributed by atoms with van der Waals surface area (Å²) in [6.45, 7) is 2.36. The number of hydrogen-bond acceptors (Lipinski definition) is 3. The fourth-order valence-corrected chi connectivity index (χ4v) is 2.80. The first kappa shape index (κ1) is 13.6. The normalized spacial score (nSPS) is 22.7. The van der Waals surface area contributed by atoms with Crippen molar-refractivity contribution in [2.75, 3.05) is 6.54 Å². The lowest BCUT2D eigenvalue weighted by atomic mass is 9.92. The van der Waals surface area contributed by atoms with E-state index < -0.39 is 11.5 Å². The summed E-state index contributed by atoms with van der Waals surface area (Å²) in [5, 5.41) is 9.42. The first-order chi connectivity index (χ1) is 9.10. The van der Waals surface area contributed by atoms with Crippen molar-refractivity contribution in [1.82, 2.24) is 4.90 Å². The summed E-state index contributed by atoms with van der Waals surface area (Å²) in [7, 11) is 0. The molecule has 1 aliphatic rings. The molecule has 0 aliphatic carbocycles. The van der Waals surface area contributed by atoms with Gasteiger partial charge in [0.05, 0.1) is 6.26 Å². The van der Waals surface area contributed by atoms with E-state index in [0.29, 0.717) is 32.2 Å². The summed E-state index contributed by atoms with van der Waals surface area (Å²) in [4.78, 5) is 25.3. The van der Waals surface area contributed by atoms with Crippen LogP contribution >= 0.6 is 0 Å². The Hall–Kier alpha value is -1.78. The van der Waals surface area contributed by atoms with Gasteiger partial charge in [0.15, 0.2) is 0 Å². The Balaban J connectivity index is 2.03. The second-order valence-corrected chi connectivity index (χ2v) is 4.92. The highest BCUT2D eigenvalue weighted by molar-refractivity contribution is 5.87. The van der Waals surface area contributed by atoms with E-state index in [1.807, 2.05) is 13.0 Å². The molecule has 1 aromatic rings. The minimum absolute atomic E-state index is 0.0989. The Bertz CT molecular complexity index is 454. The summed E-state index contributed by atoms with van der Waals surface area (Å²) in [5.74, 6) is -0.234. The highest BCUT2D eigenvalue weighted by Gasteiger charge is 2.48. The summed E-state index contributed by atoms with van der Waals surface area (Å²) < 4.78 is 5.19. The van der Waals surface area contributed by atoms with E-state index in [9.17, 15) is 14.7 Å². The molecule has 0 radical (unpaired) electrons. The van der Waals surface area contributed by atoms with Crippen LogP contribution in [-0.4, -0.2) is 34.0 Å². The van der Waals surface area contributed by atoms with E-state index in [-0.39, 0.29) is 5.91 Å². The molecule has 0 spiro atoms. The standard InChI is InChI=1S/C14H19NO4/c1-2-14(13(17)18)8-4-9-15(14)12(16)7-6-11-5-3-10-19-11/h3,5,10H,2,4,6-9H2,1H3,(H,17,18). The molecule has 1 N–H and O–H groups in total. The third-order valence-corrected chi connectivity index (χ3v) is 3.94. The minimum Gasteiger partial charge on any atom is -0.479 e. The van der Waals surface area contributed by atoms with Crippen molar-refractivity contribution in [2.24, 2.45) is 0 Å². The summed E-state index contributed by atoms with van der Waals surface area (Å²) in [6, 6.07) is 3.60. The molecule has 1 saturated heterocycles. The molecule has 5 nitrogen and oxygen atoms in total. The van der Waals surface area contributed by atoms with Crippen LogP contribution in [0.2, 0.25) is 0 Å². The van der Waals surface area contributed by atoms with E-state index in [0.717, 1.165) is 12.2 Å². The molecule has 0 bridgehead atoms. The SMILES string of the molecule is CCC1(C(=O)O)CCCN1C(=O)CCc1ccco1. The van der Waals surface area contributed by atoms with Gasteiger partial charge in [0, 0.05) is 19.4 Å². The number of hydrogen-bond donors (Lipinski definition) is 1. The van der Waals surface area contributed by atoms with E-state index in [1.165, 1.54) is 4.90 Å². The molecular formula is C14H19NO4. The third kappa shape index (κ3) is 2.50. The number of carboxylic acids is 1. The molecule has 1 unspecified atom stereocenters. The summed E-state index contributed by atoms with van der Waals surface area (Å²) in [5.41, 5.74) is -1.000. The molecule has 1 aliphatic heterocycles. The van der Waals surface area contributed by atoms with Crippen LogP contribution in [0.5, 0.6) is 0 Å². The summed E-state index contributed by atoms with van der Waals surface area (Å²) >= 11 is 0. The van der Waals surface area contributed by atoms with Crippen LogP contribution in [0.25, 0.3) is 0 Å². The second kappa shape index (κ2) is 5.47. The lowest BCUT2D eigenvalue weighted by Gasteiger charge is -2.33. The third-order valence-electron chi connectivity index (χ3n) is 3.94. The number of furan rings is 1. The second-order valence-electron chi connectivity index (χ2n) is 4.92. The van der Waals surface area contributed by atoms with Crippen molar-refractivity contribution >= 4 is 11.9 Å². The van der Waals surface area contributed by atoms with Gasteiger partial charge in [-0.2, -0.15) is 0 Å². The molecule has 1 fully saturated rings. The lowest BCUT2D eigenvalue weighted by Crippen LogP contribution is -2.52. The van der Waals surface area contributed by atoms with Gasteiger partial charge < -0.3 is 14.4 Å². The molecular weight excluding hydrogens is 246 g/mol. The van der Waals surface area contributed by atoms with E-state index in [1.54, 1.807) is 12.3 Å². The number of aryl methyl sites for hydroxylation is 1.